The second kappa shape index (κ2) is 9.14. The van der Waals surface area contributed by atoms with Crippen LogP contribution < -0.4 is 11.1 Å². The van der Waals surface area contributed by atoms with Crippen molar-refractivity contribution in [1.29, 1.82) is 0 Å². The number of hydrogen-bond donors (Lipinski definition) is 2. The Morgan fingerprint density at radius 3 is 2.46 bits per heavy atom. The van der Waals surface area contributed by atoms with Gasteiger partial charge in [0.15, 0.2) is 0 Å². The molecule has 6 heteroatoms. The van der Waals surface area contributed by atoms with Crippen LogP contribution >= 0.6 is 15.9 Å². The van der Waals surface area contributed by atoms with Crippen LogP contribution in [0.5, 0.6) is 0 Å². The number of hydrogen-bond acceptors (Lipinski definition) is 2. The number of halogens is 2. The highest BCUT2D eigenvalue weighted by Gasteiger charge is 2.24. The molecule has 0 heterocycles. The lowest BCUT2D eigenvalue weighted by Gasteiger charge is -2.32. The van der Waals surface area contributed by atoms with Gasteiger partial charge in [-0.1, -0.05) is 60.1 Å². The molecule has 0 fully saturated rings. The third kappa shape index (κ3) is 6.11. The van der Waals surface area contributed by atoms with Crippen LogP contribution in [0.4, 0.5) is 9.18 Å². The van der Waals surface area contributed by atoms with E-state index >= 15 is 0 Å². The highest BCUT2D eigenvalue weighted by Crippen LogP contribution is 2.21. The first-order valence-corrected chi connectivity index (χ1v) is 9.31. The van der Waals surface area contributed by atoms with Gasteiger partial charge in [0.2, 0.25) is 0 Å². The minimum atomic E-state index is -0.291. The number of amides is 2. The SMILES string of the molecule is CC(C)(CN)CN(Cc1ccccc1Br)C(=O)NCc1ccc(F)cc1. The third-order valence-corrected chi connectivity index (χ3v) is 4.91. The summed E-state index contributed by atoms with van der Waals surface area (Å²) >= 11 is 3.53. The van der Waals surface area contributed by atoms with Crippen LogP contribution in [0.25, 0.3) is 0 Å². The van der Waals surface area contributed by atoms with Crippen LogP contribution in [0.1, 0.15) is 25.0 Å². The van der Waals surface area contributed by atoms with E-state index in [2.05, 4.69) is 21.2 Å². The summed E-state index contributed by atoms with van der Waals surface area (Å²) in [4.78, 5) is 14.5. The standard InChI is InChI=1S/C20H25BrFN3O/c1-20(2,13-23)14-25(12-16-5-3-4-6-18(16)21)19(26)24-11-15-7-9-17(22)10-8-15/h3-10H,11-14,23H2,1-2H3,(H,24,26). The van der Waals surface area contributed by atoms with E-state index in [4.69, 9.17) is 5.73 Å². The molecule has 0 unspecified atom stereocenters. The maximum Gasteiger partial charge on any atom is 0.317 e. The minimum absolute atomic E-state index is 0.174. The number of carbonyl (C=O) groups excluding carboxylic acids is 1. The van der Waals surface area contributed by atoms with Crippen LogP contribution in [0.3, 0.4) is 0 Å². The first kappa shape index (κ1) is 20.4. The number of benzene rings is 2. The van der Waals surface area contributed by atoms with Crippen molar-refractivity contribution in [3.8, 4) is 0 Å². The molecule has 0 radical (unpaired) electrons. The van der Waals surface area contributed by atoms with Crippen molar-refractivity contribution in [2.75, 3.05) is 13.1 Å². The van der Waals surface area contributed by atoms with E-state index in [9.17, 15) is 9.18 Å². The molecular formula is C20H25BrFN3O. The molecule has 140 valence electrons. The molecule has 0 atom stereocenters. The summed E-state index contributed by atoms with van der Waals surface area (Å²) in [5.41, 5.74) is 7.53. The number of nitrogens with one attached hydrogen (secondary N) is 1. The van der Waals surface area contributed by atoms with E-state index in [0.717, 1.165) is 15.6 Å². The molecule has 26 heavy (non-hydrogen) atoms. The first-order chi connectivity index (χ1) is 12.3. The molecular weight excluding hydrogens is 397 g/mol. The van der Waals surface area contributed by atoms with E-state index in [1.54, 1.807) is 17.0 Å². The molecule has 2 rings (SSSR count). The average Bonchev–Trinajstić information content (AvgIpc) is 2.62. The van der Waals surface area contributed by atoms with Gasteiger partial charge in [-0.25, -0.2) is 9.18 Å². The fourth-order valence-corrected chi connectivity index (χ4v) is 2.91. The Balaban J connectivity index is 2.09. The van der Waals surface area contributed by atoms with Crippen LogP contribution in [0.15, 0.2) is 53.0 Å². The van der Waals surface area contributed by atoms with Crippen LogP contribution in [0.2, 0.25) is 0 Å². The Bertz CT molecular complexity index is 734. The van der Waals surface area contributed by atoms with Crippen LogP contribution in [-0.2, 0) is 13.1 Å². The number of nitrogens with two attached hydrogens (primary N) is 1. The number of nitrogens with zero attached hydrogens (tertiary/aromatic N) is 1. The molecule has 0 saturated heterocycles. The van der Waals surface area contributed by atoms with Crippen molar-refractivity contribution >= 4 is 22.0 Å². The Morgan fingerprint density at radius 2 is 1.85 bits per heavy atom. The molecule has 0 saturated carbocycles. The van der Waals surface area contributed by atoms with Gasteiger partial charge in [-0.15, -0.1) is 0 Å². The van der Waals surface area contributed by atoms with Gasteiger partial charge in [0.1, 0.15) is 5.82 Å². The van der Waals surface area contributed by atoms with Crippen LogP contribution in [-0.4, -0.2) is 24.0 Å². The lowest BCUT2D eigenvalue weighted by atomic mass is 9.93. The summed E-state index contributed by atoms with van der Waals surface area (Å²) in [6, 6.07) is 13.8. The summed E-state index contributed by atoms with van der Waals surface area (Å²) in [6.45, 7) is 5.89. The van der Waals surface area contributed by atoms with Crippen molar-refractivity contribution in [1.82, 2.24) is 10.2 Å². The number of rotatable bonds is 7. The van der Waals surface area contributed by atoms with Gasteiger partial charge >= 0.3 is 6.03 Å². The Labute approximate surface area is 162 Å². The zero-order valence-electron chi connectivity index (χ0n) is 15.1. The molecule has 0 aromatic heterocycles. The Kier molecular flexibility index (Phi) is 7.17. The molecule has 3 N–H and O–H groups in total. The molecule has 2 aromatic carbocycles. The van der Waals surface area contributed by atoms with Crippen molar-refractivity contribution in [2.24, 2.45) is 11.1 Å². The summed E-state index contributed by atoms with van der Waals surface area (Å²) in [6.07, 6.45) is 0. The first-order valence-electron chi connectivity index (χ1n) is 8.51. The minimum Gasteiger partial charge on any atom is -0.334 e. The molecule has 4 nitrogen and oxygen atoms in total. The van der Waals surface area contributed by atoms with Crippen LogP contribution in [0, 0.1) is 11.2 Å². The molecule has 2 aromatic rings. The molecule has 0 aliphatic rings. The predicted molar refractivity (Wildman–Crippen MR) is 106 cm³/mol. The van der Waals surface area contributed by atoms with E-state index in [1.807, 2.05) is 38.1 Å². The van der Waals surface area contributed by atoms with Crippen molar-refractivity contribution in [2.45, 2.75) is 26.9 Å². The van der Waals surface area contributed by atoms with Gasteiger partial charge < -0.3 is 16.0 Å². The van der Waals surface area contributed by atoms with Gasteiger partial charge in [0, 0.05) is 24.1 Å². The second-order valence-corrected chi connectivity index (χ2v) is 7.96. The maximum absolute atomic E-state index is 13.0. The second-order valence-electron chi connectivity index (χ2n) is 7.10. The summed E-state index contributed by atoms with van der Waals surface area (Å²) < 4.78 is 14.0. The van der Waals surface area contributed by atoms with Gasteiger partial charge in [0.05, 0.1) is 0 Å². The largest absolute Gasteiger partial charge is 0.334 e. The lowest BCUT2D eigenvalue weighted by Crippen LogP contribution is -2.46. The smallest absolute Gasteiger partial charge is 0.317 e. The lowest BCUT2D eigenvalue weighted by molar-refractivity contribution is 0.165. The fourth-order valence-electron chi connectivity index (χ4n) is 2.50. The predicted octanol–water partition coefficient (Wildman–Crippen LogP) is 4.28. The van der Waals surface area contributed by atoms with E-state index in [0.29, 0.717) is 26.2 Å². The summed E-state index contributed by atoms with van der Waals surface area (Å²) in [5, 5.41) is 2.91. The Hall–Kier alpha value is -1.92. The van der Waals surface area contributed by atoms with E-state index < -0.39 is 0 Å². The highest BCUT2D eigenvalue weighted by molar-refractivity contribution is 9.10. The van der Waals surface area contributed by atoms with Gasteiger partial charge in [-0.2, -0.15) is 0 Å². The molecule has 0 bridgehead atoms. The summed E-state index contributed by atoms with van der Waals surface area (Å²) in [5.74, 6) is -0.291. The van der Waals surface area contributed by atoms with Gasteiger partial charge in [0.25, 0.3) is 0 Å². The number of urea groups is 1. The van der Waals surface area contributed by atoms with Crippen molar-refractivity contribution in [3.05, 3.63) is 69.9 Å². The topological polar surface area (TPSA) is 58.4 Å². The summed E-state index contributed by atoms with van der Waals surface area (Å²) in [7, 11) is 0. The van der Waals surface area contributed by atoms with Gasteiger partial charge in [-0.05, 0) is 41.3 Å². The molecule has 0 spiro atoms. The zero-order valence-corrected chi connectivity index (χ0v) is 16.7. The normalized spacial score (nSPS) is 11.3. The average molecular weight is 422 g/mol. The fraction of sp³-hybridized carbons (Fsp3) is 0.350. The van der Waals surface area contributed by atoms with Crippen molar-refractivity contribution < 1.29 is 9.18 Å². The number of carbonyl (C=O) groups is 1. The van der Waals surface area contributed by atoms with Gasteiger partial charge in [-0.3, -0.25) is 0 Å². The quantitative estimate of drug-likeness (QED) is 0.700. The molecule has 0 aliphatic heterocycles. The highest BCUT2D eigenvalue weighted by atomic mass is 79.9. The van der Waals surface area contributed by atoms with E-state index in [1.165, 1.54) is 12.1 Å². The monoisotopic (exact) mass is 421 g/mol. The maximum atomic E-state index is 13.0. The third-order valence-electron chi connectivity index (χ3n) is 4.13. The Morgan fingerprint density at radius 1 is 1.19 bits per heavy atom. The van der Waals surface area contributed by atoms with E-state index in [-0.39, 0.29) is 17.3 Å². The molecule has 0 aliphatic carbocycles. The van der Waals surface area contributed by atoms with Crippen molar-refractivity contribution in [3.63, 3.8) is 0 Å². The molecule has 2 amide bonds. The zero-order chi connectivity index (χ0) is 19.2.